The lowest BCUT2D eigenvalue weighted by Crippen LogP contribution is -2.29. The molecule has 0 saturated carbocycles. The molecule has 6 nitrogen and oxygen atoms in total. The first kappa shape index (κ1) is 23.3. The van der Waals surface area contributed by atoms with E-state index in [1.54, 1.807) is 31.0 Å². The fraction of sp³-hybridized carbons (Fsp3) is 0.185. The SMILES string of the molecule is COc1ccc(CN2C(=O)c3[nH]nc(-c4cc(Cl)c(C)cc4O)c3C2c2ccc(SC)cc2)cc1. The van der Waals surface area contributed by atoms with E-state index in [9.17, 15) is 9.90 Å². The molecule has 1 aromatic heterocycles. The van der Waals surface area contributed by atoms with Crippen LogP contribution in [0, 0.1) is 6.92 Å². The monoisotopic (exact) mass is 505 g/mol. The van der Waals surface area contributed by atoms with Crippen molar-refractivity contribution in [3.63, 3.8) is 0 Å². The number of aromatic nitrogens is 2. The Morgan fingerprint density at radius 3 is 2.51 bits per heavy atom. The first-order valence-electron chi connectivity index (χ1n) is 11.1. The molecule has 0 bridgehead atoms. The van der Waals surface area contributed by atoms with Crippen molar-refractivity contribution in [3.8, 4) is 22.8 Å². The van der Waals surface area contributed by atoms with Crippen molar-refractivity contribution < 1.29 is 14.6 Å². The number of phenolic OH excluding ortho intramolecular Hbond substituents is 1. The van der Waals surface area contributed by atoms with Crippen LogP contribution < -0.4 is 4.74 Å². The maximum atomic E-state index is 13.6. The van der Waals surface area contributed by atoms with Crippen LogP contribution in [-0.4, -0.2) is 39.5 Å². The second-order valence-corrected chi connectivity index (χ2v) is 9.72. The van der Waals surface area contributed by atoms with Crippen molar-refractivity contribution in [2.24, 2.45) is 0 Å². The largest absolute Gasteiger partial charge is 0.507 e. The van der Waals surface area contributed by atoms with Gasteiger partial charge in [-0.05, 0) is 66.3 Å². The Bertz CT molecular complexity index is 1400. The van der Waals surface area contributed by atoms with Gasteiger partial charge in [-0.2, -0.15) is 5.10 Å². The number of carbonyl (C=O) groups is 1. The van der Waals surface area contributed by atoms with Gasteiger partial charge in [-0.25, -0.2) is 0 Å². The minimum absolute atomic E-state index is 0.0683. The molecule has 2 N–H and O–H groups in total. The van der Waals surface area contributed by atoms with E-state index < -0.39 is 0 Å². The summed E-state index contributed by atoms with van der Waals surface area (Å²) in [6.45, 7) is 2.23. The second kappa shape index (κ2) is 9.32. The number of aromatic amines is 1. The number of hydrogen-bond donors (Lipinski definition) is 2. The third kappa shape index (κ3) is 4.15. The Kier molecular flexibility index (Phi) is 6.21. The molecular formula is C27H24ClN3O3S. The van der Waals surface area contributed by atoms with Crippen LogP contribution in [0.5, 0.6) is 11.5 Å². The summed E-state index contributed by atoms with van der Waals surface area (Å²) in [5.74, 6) is 0.680. The zero-order valence-electron chi connectivity index (χ0n) is 19.5. The van der Waals surface area contributed by atoms with Crippen LogP contribution >= 0.6 is 23.4 Å². The highest BCUT2D eigenvalue weighted by Crippen LogP contribution is 2.46. The van der Waals surface area contributed by atoms with Crippen molar-refractivity contribution in [1.29, 1.82) is 0 Å². The number of aromatic hydroxyl groups is 1. The lowest BCUT2D eigenvalue weighted by Gasteiger charge is -2.27. The predicted octanol–water partition coefficient (Wildman–Crippen LogP) is 6.22. The van der Waals surface area contributed by atoms with Gasteiger partial charge in [-0.15, -0.1) is 11.8 Å². The molecule has 0 radical (unpaired) electrons. The highest BCUT2D eigenvalue weighted by molar-refractivity contribution is 7.98. The third-order valence-corrected chi connectivity index (χ3v) is 7.49. The van der Waals surface area contributed by atoms with Crippen molar-refractivity contribution >= 4 is 29.3 Å². The summed E-state index contributed by atoms with van der Waals surface area (Å²) in [6, 6.07) is 18.8. The number of phenols is 1. The molecular weight excluding hydrogens is 482 g/mol. The van der Waals surface area contributed by atoms with Gasteiger partial charge < -0.3 is 14.7 Å². The Hall–Kier alpha value is -3.42. The Morgan fingerprint density at radius 2 is 1.86 bits per heavy atom. The maximum Gasteiger partial charge on any atom is 0.273 e. The Balaban J connectivity index is 1.64. The summed E-state index contributed by atoms with van der Waals surface area (Å²) in [4.78, 5) is 16.6. The number of halogens is 1. The van der Waals surface area contributed by atoms with Gasteiger partial charge in [0.25, 0.3) is 5.91 Å². The number of hydrogen-bond acceptors (Lipinski definition) is 5. The summed E-state index contributed by atoms with van der Waals surface area (Å²) in [5, 5.41) is 18.6. The molecule has 0 spiro atoms. The molecule has 1 aliphatic rings. The van der Waals surface area contributed by atoms with Crippen LogP contribution in [0.2, 0.25) is 5.02 Å². The molecule has 8 heteroatoms. The first-order chi connectivity index (χ1) is 16.9. The molecule has 35 heavy (non-hydrogen) atoms. The Morgan fingerprint density at radius 1 is 1.14 bits per heavy atom. The number of nitrogens with one attached hydrogen (secondary N) is 1. The number of carbonyl (C=O) groups excluding carboxylic acids is 1. The number of methoxy groups -OCH3 is 1. The van der Waals surface area contributed by atoms with Gasteiger partial charge in [-0.3, -0.25) is 9.89 Å². The Labute approximate surface area is 212 Å². The van der Waals surface area contributed by atoms with Crippen LogP contribution in [0.1, 0.15) is 38.8 Å². The fourth-order valence-electron chi connectivity index (χ4n) is 4.48. The van der Waals surface area contributed by atoms with Gasteiger partial charge in [-0.1, -0.05) is 35.9 Å². The molecule has 1 unspecified atom stereocenters. The molecule has 178 valence electrons. The zero-order chi connectivity index (χ0) is 24.7. The van der Waals surface area contributed by atoms with Crippen LogP contribution in [0.4, 0.5) is 0 Å². The number of amides is 1. The number of benzene rings is 3. The molecule has 4 aromatic rings. The molecule has 1 amide bonds. The summed E-state index contributed by atoms with van der Waals surface area (Å²) >= 11 is 8.05. The molecule has 0 aliphatic carbocycles. The van der Waals surface area contributed by atoms with Gasteiger partial charge in [0.1, 0.15) is 22.9 Å². The smallest absolute Gasteiger partial charge is 0.273 e. The predicted molar refractivity (Wildman–Crippen MR) is 138 cm³/mol. The van der Waals surface area contributed by atoms with E-state index >= 15 is 0 Å². The second-order valence-electron chi connectivity index (χ2n) is 8.44. The standard InChI is InChI=1S/C27H24ClN3O3S/c1-15-12-22(32)20(13-21(15)28)24-23-25(30-29-24)27(33)31(14-16-4-8-18(34-2)9-5-16)26(23)17-6-10-19(35-3)11-7-17/h4-13,26,32H,14H2,1-3H3,(H,29,30). The molecule has 0 saturated heterocycles. The van der Waals surface area contributed by atoms with Crippen molar-refractivity contribution in [2.45, 2.75) is 24.4 Å². The first-order valence-corrected chi connectivity index (χ1v) is 12.7. The molecule has 1 atom stereocenters. The van der Waals surface area contributed by atoms with Crippen LogP contribution in [0.15, 0.2) is 65.6 Å². The van der Waals surface area contributed by atoms with Gasteiger partial charge in [0.05, 0.1) is 13.2 Å². The average molecular weight is 506 g/mol. The topological polar surface area (TPSA) is 78.5 Å². The highest BCUT2D eigenvalue weighted by atomic mass is 35.5. The van der Waals surface area contributed by atoms with E-state index in [2.05, 4.69) is 10.2 Å². The summed E-state index contributed by atoms with van der Waals surface area (Å²) in [6.07, 6.45) is 2.03. The highest BCUT2D eigenvalue weighted by Gasteiger charge is 2.42. The number of nitrogens with zero attached hydrogens (tertiary/aromatic N) is 2. The van der Waals surface area contributed by atoms with E-state index in [4.69, 9.17) is 16.3 Å². The molecule has 1 aliphatic heterocycles. The van der Waals surface area contributed by atoms with E-state index in [0.29, 0.717) is 28.5 Å². The number of rotatable bonds is 6. The summed E-state index contributed by atoms with van der Waals surface area (Å²) in [7, 11) is 1.63. The fourth-order valence-corrected chi connectivity index (χ4v) is 5.05. The number of aryl methyl sites for hydroxylation is 1. The van der Waals surface area contributed by atoms with Gasteiger partial charge in [0.2, 0.25) is 0 Å². The maximum absolute atomic E-state index is 13.6. The number of H-pyrrole nitrogens is 1. The molecule has 0 fully saturated rings. The average Bonchev–Trinajstić information content (AvgIpc) is 3.41. The van der Waals surface area contributed by atoms with Crippen molar-refractivity contribution in [1.82, 2.24) is 15.1 Å². The number of ether oxygens (including phenoxy) is 1. The molecule has 5 rings (SSSR count). The van der Waals surface area contributed by atoms with E-state index in [1.165, 1.54) is 0 Å². The lowest BCUT2D eigenvalue weighted by atomic mass is 9.95. The van der Waals surface area contributed by atoms with E-state index in [0.717, 1.165) is 32.9 Å². The number of thioether (sulfide) groups is 1. The lowest BCUT2D eigenvalue weighted by molar-refractivity contribution is 0.0730. The van der Waals surface area contributed by atoms with Crippen molar-refractivity contribution in [2.75, 3.05) is 13.4 Å². The van der Waals surface area contributed by atoms with E-state index in [-0.39, 0.29) is 17.7 Å². The molecule has 2 heterocycles. The zero-order valence-corrected chi connectivity index (χ0v) is 21.1. The number of fused-ring (bicyclic) bond motifs is 1. The van der Waals surface area contributed by atoms with Crippen molar-refractivity contribution in [3.05, 3.63) is 93.6 Å². The van der Waals surface area contributed by atoms with Gasteiger partial charge in [0.15, 0.2) is 0 Å². The quantitative estimate of drug-likeness (QED) is 0.304. The van der Waals surface area contributed by atoms with Crippen LogP contribution in [0.25, 0.3) is 11.3 Å². The third-order valence-electron chi connectivity index (χ3n) is 6.34. The van der Waals surface area contributed by atoms with Gasteiger partial charge in [0, 0.05) is 27.6 Å². The summed E-state index contributed by atoms with van der Waals surface area (Å²) in [5.41, 5.74) is 4.86. The summed E-state index contributed by atoms with van der Waals surface area (Å²) < 4.78 is 5.27. The van der Waals surface area contributed by atoms with E-state index in [1.807, 2.05) is 66.6 Å². The van der Waals surface area contributed by atoms with Gasteiger partial charge >= 0.3 is 0 Å². The minimum atomic E-state index is -0.385. The van der Waals surface area contributed by atoms with Crippen LogP contribution in [0.3, 0.4) is 0 Å². The molecule has 3 aromatic carbocycles. The normalized spacial score (nSPS) is 14.9. The minimum Gasteiger partial charge on any atom is -0.507 e. The van der Waals surface area contributed by atoms with Crippen LogP contribution in [-0.2, 0) is 6.54 Å².